The number of nitrogens with zero attached hydrogens (tertiary/aromatic N) is 2. The van der Waals surface area contributed by atoms with Crippen molar-refractivity contribution in [3.63, 3.8) is 0 Å². The van der Waals surface area contributed by atoms with Crippen LogP contribution in [0.3, 0.4) is 0 Å². The molecule has 1 aliphatic carbocycles. The van der Waals surface area contributed by atoms with Crippen molar-refractivity contribution in [2.75, 3.05) is 17.2 Å². The molecule has 5 rings (SSSR count). The van der Waals surface area contributed by atoms with E-state index in [0.717, 1.165) is 35.3 Å². The summed E-state index contributed by atoms with van der Waals surface area (Å²) in [6, 6.07) is 22.6. The second kappa shape index (κ2) is 8.78. The second-order valence-corrected chi connectivity index (χ2v) is 8.19. The minimum atomic E-state index is -0.266. The van der Waals surface area contributed by atoms with Crippen LogP contribution in [-0.4, -0.2) is 28.0 Å². The van der Waals surface area contributed by atoms with Crippen LogP contribution in [0.1, 0.15) is 12.8 Å². The van der Waals surface area contributed by atoms with Gasteiger partial charge in [-0.2, -0.15) is 0 Å². The Morgan fingerprint density at radius 1 is 0.970 bits per heavy atom. The van der Waals surface area contributed by atoms with E-state index in [-0.39, 0.29) is 24.3 Å². The molecule has 0 unspecified atom stereocenters. The van der Waals surface area contributed by atoms with E-state index in [4.69, 9.17) is 9.72 Å². The highest BCUT2D eigenvalue weighted by Gasteiger charge is 2.29. The Bertz CT molecular complexity index is 1320. The average Bonchev–Trinajstić information content (AvgIpc) is 3.63. The van der Waals surface area contributed by atoms with E-state index >= 15 is 0 Å². The molecule has 2 amide bonds. The van der Waals surface area contributed by atoms with Crippen molar-refractivity contribution in [1.82, 2.24) is 9.55 Å². The normalized spacial score (nSPS) is 13.0. The van der Waals surface area contributed by atoms with Crippen LogP contribution in [0.15, 0.2) is 72.8 Å². The van der Waals surface area contributed by atoms with E-state index in [0.29, 0.717) is 17.1 Å². The van der Waals surface area contributed by atoms with Gasteiger partial charge in [-0.05, 0) is 61.4 Å². The SMILES string of the molecule is Cn1c(-c2ccc(NC(=O)COc3cccc(NC(=O)C4CC4)c3)cc2)nc2ccccc21. The lowest BCUT2D eigenvalue weighted by molar-refractivity contribution is -0.118. The number of carbonyl (C=O) groups excluding carboxylic acids is 2. The quantitative estimate of drug-likeness (QED) is 0.440. The summed E-state index contributed by atoms with van der Waals surface area (Å²) in [4.78, 5) is 29.0. The fourth-order valence-electron chi connectivity index (χ4n) is 3.71. The number of anilines is 2. The summed E-state index contributed by atoms with van der Waals surface area (Å²) in [6.45, 7) is -0.132. The zero-order valence-corrected chi connectivity index (χ0v) is 18.2. The molecule has 1 saturated carbocycles. The third-order valence-corrected chi connectivity index (χ3v) is 5.63. The first-order valence-corrected chi connectivity index (χ1v) is 10.9. The molecule has 1 aliphatic rings. The van der Waals surface area contributed by atoms with Crippen LogP contribution in [0.5, 0.6) is 5.75 Å². The zero-order chi connectivity index (χ0) is 22.8. The fourth-order valence-corrected chi connectivity index (χ4v) is 3.71. The van der Waals surface area contributed by atoms with E-state index in [1.807, 2.05) is 55.6 Å². The lowest BCUT2D eigenvalue weighted by atomic mass is 10.2. The number of hydrogen-bond donors (Lipinski definition) is 2. The molecule has 33 heavy (non-hydrogen) atoms. The minimum absolute atomic E-state index is 0.0342. The maximum absolute atomic E-state index is 12.4. The number of imidazole rings is 1. The van der Waals surface area contributed by atoms with Gasteiger partial charge < -0.3 is 19.9 Å². The van der Waals surface area contributed by atoms with Crippen molar-refractivity contribution in [1.29, 1.82) is 0 Å². The molecule has 7 heteroatoms. The molecular weight excluding hydrogens is 416 g/mol. The monoisotopic (exact) mass is 440 g/mol. The number of carbonyl (C=O) groups is 2. The highest BCUT2D eigenvalue weighted by molar-refractivity contribution is 5.94. The van der Waals surface area contributed by atoms with Gasteiger partial charge >= 0.3 is 0 Å². The van der Waals surface area contributed by atoms with Gasteiger partial charge in [0.2, 0.25) is 5.91 Å². The molecule has 166 valence electrons. The second-order valence-electron chi connectivity index (χ2n) is 8.19. The number of amides is 2. The van der Waals surface area contributed by atoms with Crippen LogP contribution < -0.4 is 15.4 Å². The zero-order valence-electron chi connectivity index (χ0n) is 18.2. The Morgan fingerprint density at radius 2 is 1.76 bits per heavy atom. The third kappa shape index (κ3) is 4.72. The van der Waals surface area contributed by atoms with E-state index in [9.17, 15) is 9.59 Å². The Hall–Kier alpha value is -4.13. The molecule has 0 atom stereocenters. The highest BCUT2D eigenvalue weighted by Crippen LogP contribution is 2.30. The van der Waals surface area contributed by atoms with E-state index in [1.54, 1.807) is 24.3 Å². The van der Waals surface area contributed by atoms with Crippen LogP contribution >= 0.6 is 0 Å². The smallest absolute Gasteiger partial charge is 0.262 e. The summed E-state index contributed by atoms with van der Waals surface area (Å²) >= 11 is 0. The summed E-state index contributed by atoms with van der Waals surface area (Å²) in [6.07, 6.45) is 1.89. The van der Waals surface area contributed by atoms with Gasteiger partial charge in [-0.1, -0.05) is 18.2 Å². The molecule has 4 aromatic rings. The number of rotatable bonds is 7. The van der Waals surface area contributed by atoms with Crippen molar-refractivity contribution in [3.05, 3.63) is 72.8 Å². The van der Waals surface area contributed by atoms with Crippen LogP contribution in [0.25, 0.3) is 22.4 Å². The first-order chi connectivity index (χ1) is 16.1. The Labute approximate surface area is 191 Å². The number of fused-ring (bicyclic) bond motifs is 1. The lowest BCUT2D eigenvalue weighted by Gasteiger charge is -2.10. The number of benzene rings is 3. The molecule has 7 nitrogen and oxygen atoms in total. The number of ether oxygens (including phenoxy) is 1. The standard InChI is InChI=1S/C26H24N4O3/c1-30-23-8-3-2-7-22(23)29-25(30)17-11-13-19(14-12-17)27-24(31)16-33-21-6-4-5-20(15-21)28-26(32)18-9-10-18/h2-8,11-15,18H,9-10,16H2,1H3,(H,27,31)(H,28,32). The van der Waals surface area contributed by atoms with Gasteiger partial charge in [-0.15, -0.1) is 0 Å². The van der Waals surface area contributed by atoms with Gasteiger partial charge in [-0.3, -0.25) is 9.59 Å². The number of hydrogen-bond acceptors (Lipinski definition) is 4. The molecule has 1 fully saturated rings. The lowest BCUT2D eigenvalue weighted by Crippen LogP contribution is -2.20. The van der Waals surface area contributed by atoms with Crippen molar-refractivity contribution >= 4 is 34.2 Å². The Kier molecular flexibility index (Phi) is 5.52. The third-order valence-electron chi connectivity index (χ3n) is 5.63. The van der Waals surface area contributed by atoms with Gasteiger partial charge in [0.05, 0.1) is 11.0 Å². The minimum Gasteiger partial charge on any atom is -0.484 e. The van der Waals surface area contributed by atoms with Gasteiger partial charge in [0.25, 0.3) is 5.91 Å². The molecule has 0 aliphatic heterocycles. The first kappa shape index (κ1) is 20.8. The van der Waals surface area contributed by atoms with E-state index < -0.39 is 0 Å². The number of aromatic nitrogens is 2. The molecular formula is C26H24N4O3. The summed E-state index contributed by atoms with van der Waals surface area (Å²) in [5, 5.41) is 5.72. The summed E-state index contributed by atoms with van der Waals surface area (Å²) < 4.78 is 7.66. The van der Waals surface area contributed by atoms with Crippen LogP contribution in [0, 0.1) is 5.92 Å². The summed E-state index contributed by atoms with van der Waals surface area (Å²) in [7, 11) is 1.99. The molecule has 3 aromatic carbocycles. The molecule has 0 bridgehead atoms. The fraction of sp³-hybridized carbons (Fsp3) is 0.192. The van der Waals surface area contributed by atoms with Gasteiger partial charge in [0, 0.05) is 36.0 Å². The maximum Gasteiger partial charge on any atom is 0.262 e. The topological polar surface area (TPSA) is 85.3 Å². The molecule has 0 radical (unpaired) electrons. The van der Waals surface area contributed by atoms with Crippen molar-refractivity contribution in [2.45, 2.75) is 12.8 Å². The largest absolute Gasteiger partial charge is 0.484 e. The van der Waals surface area contributed by atoms with Crippen molar-refractivity contribution in [3.8, 4) is 17.1 Å². The maximum atomic E-state index is 12.4. The van der Waals surface area contributed by atoms with Gasteiger partial charge in [0.1, 0.15) is 11.6 Å². The van der Waals surface area contributed by atoms with Crippen molar-refractivity contribution in [2.24, 2.45) is 13.0 Å². The highest BCUT2D eigenvalue weighted by atomic mass is 16.5. The summed E-state index contributed by atoms with van der Waals surface area (Å²) in [5.74, 6) is 1.29. The van der Waals surface area contributed by atoms with Crippen LogP contribution in [-0.2, 0) is 16.6 Å². The van der Waals surface area contributed by atoms with Crippen molar-refractivity contribution < 1.29 is 14.3 Å². The molecule has 0 saturated heterocycles. The van der Waals surface area contributed by atoms with Gasteiger partial charge in [-0.25, -0.2) is 4.98 Å². The van der Waals surface area contributed by atoms with Crippen LogP contribution in [0.2, 0.25) is 0 Å². The summed E-state index contributed by atoms with van der Waals surface area (Å²) in [5.41, 5.74) is 4.32. The molecule has 0 spiro atoms. The van der Waals surface area contributed by atoms with Crippen LogP contribution in [0.4, 0.5) is 11.4 Å². The predicted octanol–water partition coefficient (Wildman–Crippen LogP) is 4.61. The Balaban J connectivity index is 1.18. The molecule has 1 heterocycles. The van der Waals surface area contributed by atoms with E-state index in [2.05, 4.69) is 15.2 Å². The first-order valence-electron chi connectivity index (χ1n) is 10.9. The average molecular weight is 441 g/mol. The Morgan fingerprint density at radius 3 is 2.52 bits per heavy atom. The number of nitrogens with one attached hydrogen (secondary N) is 2. The number of para-hydroxylation sites is 2. The number of aryl methyl sites for hydroxylation is 1. The predicted molar refractivity (Wildman–Crippen MR) is 128 cm³/mol. The molecule has 1 aromatic heterocycles. The molecule has 2 N–H and O–H groups in total. The van der Waals surface area contributed by atoms with E-state index in [1.165, 1.54) is 0 Å². The van der Waals surface area contributed by atoms with Gasteiger partial charge in [0.15, 0.2) is 6.61 Å².